The maximum atomic E-state index is 12.9. The Hall–Kier alpha value is -1.55. The maximum Gasteiger partial charge on any atom is 0.243 e. The summed E-state index contributed by atoms with van der Waals surface area (Å²) in [6.45, 7) is 7.64. The Morgan fingerprint density at radius 3 is 2.40 bits per heavy atom. The van der Waals surface area contributed by atoms with Crippen molar-refractivity contribution in [1.29, 1.82) is 0 Å². The van der Waals surface area contributed by atoms with Crippen molar-refractivity contribution in [2.75, 3.05) is 39.3 Å². The van der Waals surface area contributed by atoms with Gasteiger partial charge < -0.3 is 21.2 Å². The molecular weight excluding hydrogens is 366 g/mol. The summed E-state index contributed by atoms with van der Waals surface area (Å²) in [5.74, 6) is 5.73. The van der Waals surface area contributed by atoms with Crippen LogP contribution in [0.1, 0.15) is 19.4 Å². The van der Waals surface area contributed by atoms with Crippen LogP contribution in [0.5, 0.6) is 5.75 Å². The number of hydrazone groups is 1. The first-order valence-electron chi connectivity index (χ1n) is 7.97. The summed E-state index contributed by atoms with van der Waals surface area (Å²) in [6, 6.07) is 4.59. The van der Waals surface area contributed by atoms with Crippen LogP contribution in [0.4, 0.5) is 0 Å². The highest BCUT2D eigenvalue weighted by Gasteiger charge is 2.29. The number of hydrogen-bond donors (Lipinski definition) is 2. The van der Waals surface area contributed by atoms with E-state index in [9.17, 15) is 8.42 Å². The van der Waals surface area contributed by atoms with Crippen LogP contribution in [0, 0.1) is 0 Å². The molecule has 1 heterocycles. The summed E-state index contributed by atoms with van der Waals surface area (Å²) in [6.07, 6.45) is 0. The molecule has 0 aliphatic carbocycles. The Morgan fingerprint density at radius 1 is 1.24 bits per heavy atom. The fraction of sp³-hybridized carbons (Fsp3) is 0.533. The monoisotopic (exact) mass is 391 g/mol. The second kappa shape index (κ2) is 9.23. The van der Waals surface area contributed by atoms with E-state index >= 15 is 0 Å². The first kappa shape index (κ1) is 21.5. The van der Waals surface area contributed by atoms with Crippen molar-refractivity contribution < 1.29 is 13.2 Å². The number of benzene rings is 1. The lowest BCUT2D eigenvalue weighted by molar-refractivity contribution is 0.196. The summed E-state index contributed by atoms with van der Waals surface area (Å²) < 4.78 is 32.7. The molecule has 142 valence electrons. The van der Waals surface area contributed by atoms with Crippen LogP contribution in [0.15, 0.2) is 28.2 Å². The average Bonchev–Trinajstić information content (AvgIpc) is 2.61. The number of sulfonamides is 1. The molecule has 2 rings (SSSR count). The molecule has 0 bridgehead atoms. The minimum Gasteiger partial charge on any atom is -0.493 e. The molecule has 0 saturated carbocycles. The standard InChI is InChI=1S/C15H25N5O3S.ClH/c1-3-19-7-9-20(10-8-19)24(21,22)12-5-6-14(23-4-2)13(11-12)15(16)18-17;/h5-6,11H,3-4,7-10,17H2,1-2H3,(H2,16,18);1H. The average molecular weight is 392 g/mol. The topological polar surface area (TPSA) is 114 Å². The first-order chi connectivity index (χ1) is 11.4. The molecule has 0 unspecified atom stereocenters. The number of halogens is 1. The second-order valence-corrected chi connectivity index (χ2v) is 7.38. The van der Waals surface area contributed by atoms with Gasteiger partial charge in [0.2, 0.25) is 10.0 Å². The number of hydrogen-bond acceptors (Lipinski definition) is 6. The molecule has 1 aromatic rings. The van der Waals surface area contributed by atoms with Gasteiger partial charge in [0.1, 0.15) is 5.75 Å². The van der Waals surface area contributed by atoms with E-state index < -0.39 is 10.0 Å². The molecule has 0 radical (unpaired) electrons. The number of likely N-dealkylation sites (N-methyl/N-ethyl adjacent to an activating group) is 1. The van der Waals surface area contributed by atoms with Crippen LogP contribution in [0.3, 0.4) is 0 Å². The number of amidine groups is 1. The van der Waals surface area contributed by atoms with Gasteiger partial charge in [-0.2, -0.15) is 9.41 Å². The number of nitrogens with zero attached hydrogens (tertiary/aromatic N) is 3. The van der Waals surface area contributed by atoms with Gasteiger partial charge in [0.15, 0.2) is 5.84 Å². The molecule has 1 aromatic carbocycles. The van der Waals surface area contributed by atoms with Gasteiger partial charge in [-0.05, 0) is 31.7 Å². The van der Waals surface area contributed by atoms with E-state index in [1.165, 1.54) is 16.4 Å². The third kappa shape index (κ3) is 4.75. The van der Waals surface area contributed by atoms with E-state index in [1.807, 2.05) is 6.92 Å². The van der Waals surface area contributed by atoms with Crippen LogP contribution in [-0.2, 0) is 10.0 Å². The number of rotatable bonds is 6. The summed E-state index contributed by atoms with van der Waals surface area (Å²) in [5, 5.41) is 3.46. The van der Waals surface area contributed by atoms with Crippen LogP contribution in [-0.4, -0.2) is 62.8 Å². The minimum atomic E-state index is -3.59. The predicted octanol–water partition coefficient (Wildman–Crippen LogP) is 0.412. The highest BCUT2D eigenvalue weighted by Crippen LogP contribution is 2.25. The van der Waals surface area contributed by atoms with Gasteiger partial charge in [-0.1, -0.05) is 6.92 Å². The molecule has 4 N–H and O–H groups in total. The van der Waals surface area contributed by atoms with Crippen molar-refractivity contribution in [3.63, 3.8) is 0 Å². The fourth-order valence-corrected chi connectivity index (χ4v) is 4.10. The lowest BCUT2D eigenvalue weighted by Gasteiger charge is -2.33. The van der Waals surface area contributed by atoms with Crippen LogP contribution >= 0.6 is 12.4 Å². The van der Waals surface area contributed by atoms with E-state index in [0.29, 0.717) is 31.0 Å². The van der Waals surface area contributed by atoms with Crippen molar-refractivity contribution in [2.24, 2.45) is 16.7 Å². The zero-order valence-corrected chi connectivity index (χ0v) is 16.1. The number of ether oxygens (including phenoxy) is 1. The summed E-state index contributed by atoms with van der Waals surface area (Å²) in [4.78, 5) is 2.38. The van der Waals surface area contributed by atoms with Crippen LogP contribution in [0.2, 0.25) is 0 Å². The smallest absolute Gasteiger partial charge is 0.243 e. The highest BCUT2D eigenvalue weighted by molar-refractivity contribution is 7.89. The van der Waals surface area contributed by atoms with Gasteiger partial charge >= 0.3 is 0 Å². The Morgan fingerprint density at radius 2 is 1.88 bits per heavy atom. The molecule has 1 fully saturated rings. The Kier molecular flexibility index (Phi) is 7.94. The van der Waals surface area contributed by atoms with Crippen molar-refractivity contribution in [3.8, 4) is 5.75 Å². The second-order valence-electron chi connectivity index (χ2n) is 5.44. The molecule has 0 amide bonds. The highest BCUT2D eigenvalue weighted by atomic mass is 35.5. The number of piperazine rings is 1. The van der Waals surface area contributed by atoms with E-state index in [-0.39, 0.29) is 23.1 Å². The maximum absolute atomic E-state index is 12.9. The first-order valence-corrected chi connectivity index (χ1v) is 9.41. The lowest BCUT2D eigenvalue weighted by Crippen LogP contribution is -2.48. The minimum absolute atomic E-state index is 0. The number of nitrogens with two attached hydrogens (primary N) is 2. The summed E-state index contributed by atoms with van der Waals surface area (Å²) >= 11 is 0. The molecule has 0 aromatic heterocycles. The predicted molar refractivity (Wildman–Crippen MR) is 101 cm³/mol. The molecule has 1 aliphatic rings. The van der Waals surface area contributed by atoms with Gasteiger partial charge in [0.25, 0.3) is 0 Å². The van der Waals surface area contributed by atoms with Crippen molar-refractivity contribution in [2.45, 2.75) is 18.7 Å². The molecule has 25 heavy (non-hydrogen) atoms. The van der Waals surface area contributed by atoms with E-state index in [0.717, 1.165) is 19.6 Å². The van der Waals surface area contributed by atoms with Gasteiger partial charge in [-0.25, -0.2) is 8.42 Å². The van der Waals surface area contributed by atoms with Crippen molar-refractivity contribution in [1.82, 2.24) is 9.21 Å². The third-order valence-electron chi connectivity index (χ3n) is 4.08. The molecule has 0 spiro atoms. The molecule has 1 aliphatic heterocycles. The van der Waals surface area contributed by atoms with Crippen molar-refractivity contribution >= 4 is 28.3 Å². The van der Waals surface area contributed by atoms with Crippen molar-refractivity contribution in [3.05, 3.63) is 23.8 Å². The van der Waals surface area contributed by atoms with Gasteiger partial charge in [-0.3, -0.25) is 0 Å². The van der Waals surface area contributed by atoms with Crippen LogP contribution in [0.25, 0.3) is 0 Å². The zero-order chi connectivity index (χ0) is 17.7. The Labute approximate surface area is 155 Å². The van der Waals surface area contributed by atoms with Gasteiger partial charge in [-0.15, -0.1) is 12.4 Å². The Bertz CT molecular complexity index is 703. The SMILES string of the molecule is CCOc1ccc(S(=O)(=O)N2CCN(CC)CC2)cc1/C(N)=N\N.Cl. The zero-order valence-electron chi connectivity index (χ0n) is 14.5. The van der Waals surface area contributed by atoms with E-state index in [1.54, 1.807) is 6.07 Å². The molecule has 1 saturated heterocycles. The lowest BCUT2D eigenvalue weighted by atomic mass is 10.2. The third-order valence-corrected chi connectivity index (χ3v) is 5.98. The quantitative estimate of drug-likeness (QED) is 0.314. The van der Waals surface area contributed by atoms with Gasteiger partial charge in [0.05, 0.1) is 17.1 Å². The fourth-order valence-electron chi connectivity index (χ4n) is 2.66. The Balaban J connectivity index is 0.00000312. The van der Waals surface area contributed by atoms with Crippen LogP contribution < -0.4 is 16.3 Å². The summed E-state index contributed by atoms with van der Waals surface area (Å²) in [5.41, 5.74) is 6.16. The molecular formula is C15H26ClN5O3S. The molecule has 0 atom stereocenters. The van der Waals surface area contributed by atoms with E-state index in [2.05, 4.69) is 16.9 Å². The largest absolute Gasteiger partial charge is 0.493 e. The summed E-state index contributed by atoms with van der Waals surface area (Å²) in [7, 11) is -3.59. The normalized spacial score (nSPS) is 17.1. The van der Waals surface area contributed by atoms with E-state index in [4.69, 9.17) is 16.3 Å². The molecule has 8 nitrogen and oxygen atoms in total. The van der Waals surface area contributed by atoms with Gasteiger partial charge in [0, 0.05) is 26.2 Å². The molecule has 10 heteroatoms.